The van der Waals surface area contributed by atoms with Crippen molar-refractivity contribution in [2.24, 2.45) is 0 Å². The molecule has 1 aromatic rings. The van der Waals surface area contributed by atoms with Crippen LogP contribution in [0.15, 0.2) is 18.2 Å². The van der Waals surface area contributed by atoms with E-state index in [1.54, 1.807) is 0 Å². The van der Waals surface area contributed by atoms with Gasteiger partial charge in [-0.1, -0.05) is 0 Å². The maximum absolute atomic E-state index is 13.0. The molecule has 0 fully saturated rings. The van der Waals surface area contributed by atoms with Crippen molar-refractivity contribution in [2.45, 2.75) is 12.8 Å². The molecule has 0 aliphatic carbocycles. The Kier molecular flexibility index (Phi) is 5.11. The topological polar surface area (TPSA) is 92.7 Å². The summed E-state index contributed by atoms with van der Waals surface area (Å²) in [6.45, 7) is 0. The average Bonchev–Trinajstić information content (AvgIpc) is 2.33. The van der Waals surface area contributed by atoms with E-state index in [4.69, 9.17) is 5.11 Å². The number of benzene rings is 1. The van der Waals surface area contributed by atoms with Gasteiger partial charge in [0.1, 0.15) is 0 Å². The van der Waals surface area contributed by atoms with Crippen molar-refractivity contribution >= 4 is 21.7 Å². The van der Waals surface area contributed by atoms with Crippen molar-refractivity contribution in [3.8, 4) is 5.75 Å². The number of methoxy groups -OCH3 is 1. The van der Waals surface area contributed by atoms with Gasteiger partial charge in [-0.25, -0.2) is 12.8 Å². The molecule has 0 aromatic heterocycles. The molecule has 1 aromatic carbocycles. The Morgan fingerprint density at radius 1 is 1.47 bits per heavy atom. The van der Waals surface area contributed by atoms with Crippen molar-refractivity contribution in [2.75, 3.05) is 17.6 Å². The number of hydrogen-bond donors (Lipinski definition) is 2. The molecule has 8 heteroatoms. The first-order valence-corrected chi connectivity index (χ1v) is 7.05. The van der Waals surface area contributed by atoms with Gasteiger partial charge in [0.15, 0.2) is 11.6 Å². The summed E-state index contributed by atoms with van der Waals surface area (Å²) in [6, 6.07) is 3.14. The molecule has 2 N–H and O–H groups in total. The lowest BCUT2D eigenvalue weighted by Crippen LogP contribution is -2.17. The summed E-state index contributed by atoms with van der Waals surface area (Å²) in [5.41, 5.74) is 0.00775. The number of carbonyl (C=O) groups is 1. The highest BCUT2D eigenvalue weighted by atomic mass is 32.2. The van der Waals surface area contributed by atoms with Crippen LogP contribution in [0, 0.1) is 5.82 Å². The van der Waals surface area contributed by atoms with Gasteiger partial charge in [0.2, 0.25) is 10.0 Å². The smallest absolute Gasteiger partial charge is 0.305 e. The summed E-state index contributed by atoms with van der Waals surface area (Å²) in [6.07, 6.45) is 0.0872. The van der Waals surface area contributed by atoms with E-state index in [0.29, 0.717) is 0 Å². The first-order chi connectivity index (χ1) is 8.84. The zero-order valence-corrected chi connectivity index (χ0v) is 11.0. The molecular weight excluding hydrogens is 277 g/mol. The van der Waals surface area contributed by atoms with Crippen LogP contribution < -0.4 is 4.72 Å². The van der Waals surface area contributed by atoms with Gasteiger partial charge in [0, 0.05) is 12.5 Å². The number of aromatic hydroxyl groups is 1. The van der Waals surface area contributed by atoms with Crippen molar-refractivity contribution < 1.29 is 27.4 Å². The van der Waals surface area contributed by atoms with Crippen molar-refractivity contribution in [3.05, 3.63) is 24.0 Å². The minimum atomic E-state index is -3.67. The molecule has 0 radical (unpaired) electrons. The summed E-state index contributed by atoms with van der Waals surface area (Å²) in [7, 11) is -2.46. The van der Waals surface area contributed by atoms with E-state index in [-0.39, 0.29) is 24.3 Å². The molecule has 1 rings (SSSR count). The first kappa shape index (κ1) is 15.2. The number of halogens is 1. The van der Waals surface area contributed by atoms with Crippen LogP contribution in [0.2, 0.25) is 0 Å². The van der Waals surface area contributed by atoms with Crippen molar-refractivity contribution in [1.82, 2.24) is 0 Å². The third kappa shape index (κ3) is 5.12. The van der Waals surface area contributed by atoms with Crippen molar-refractivity contribution in [3.63, 3.8) is 0 Å². The fourth-order valence-corrected chi connectivity index (χ4v) is 2.42. The van der Waals surface area contributed by atoms with E-state index in [1.807, 2.05) is 0 Å². The number of ether oxygens (including phenoxy) is 1. The molecule has 0 aliphatic heterocycles. The molecule has 0 unspecified atom stereocenters. The predicted octanol–water partition coefficient (Wildman–Crippen LogP) is 1.23. The van der Waals surface area contributed by atoms with Crippen LogP contribution >= 0.6 is 0 Å². The Labute approximate surface area is 110 Å². The number of esters is 1. The van der Waals surface area contributed by atoms with Gasteiger partial charge in [-0.15, -0.1) is 0 Å². The van der Waals surface area contributed by atoms with E-state index in [1.165, 1.54) is 13.2 Å². The van der Waals surface area contributed by atoms with E-state index in [2.05, 4.69) is 9.46 Å². The largest absolute Gasteiger partial charge is 0.505 e. The molecule has 19 heavy (non-hydrogen) atoms. The summed E-state index contributed by atoms with van der Waals surface area (Å²) in [5.74, 6) is -2.26. The summed E-state index contributed by atoms with van der Waals surface area (Å²) in [4.78, 5) is 10.8. The van der Waals surface area contributed by atoms with E-state index >= 15 is 0 Å². The second-order valence-electron chi connectivity index (χ2n) is 3.77. The number of phenolic OH excluding ortho intramolecular Hbond substituents is 1. The molecule has 106 valence electrons. The predicted molar refractivity (Wildman–Crippen MR) is 66.7 cm³/mol. The molecule has 0 saturated carbocycles. The third-order valence-corrected chi connectivity index (χ3v) is 3.62. The van der Waals surface area contributed by atoms with Gasteiger partial charge in [0.25, 0.3) is 0 Å². The SMILES string of the molecule is COC(=O)CCCS(=O)(=O)Nc1ccc(O)c(F)c1. The van der Waals surface area contributed by atoms with Crippen LogP contribution in [0.1, 0.15) is 12.8 Å². The quantitative estimate of drug-likeness (QED) is 0.607. The fourth-order valence-electron chi connectivity index (χ4n) is 1.31. The van der Waals surface area contributed by atoms with Crippen molar-refractivity contribution in [1.29, 1.82) is 0 Å². The molecule has 0 amide bonds. The molecule has 0 spiro atoms. The number of carbonyl (C=O) groups excluding carboxylic acids is 1. The Hall–Kier alpha value is -1.83. The number of sulfonamides is 1. The summed E-state index contributed by atoms with van der Waals surface area (Å²) in [5, 5.41) is 8.97. The van der Waals surface area contributed by atoms with Gasteiger partial charge >= 0.3 is 5.97 Å². The minimum Gasteiger partial charge on any atom is -0.505 e. The van der Waals surface area contributed by atoms with Gasteiger partial charge in [-0.2, -0.15) is 0 Å². The molecular formula is C11H14FNO5S. The van der Waals surface area contributed by atoms with Crippen LogP contribution in [0.3, 0.4) is 0 Å². The Morgan fingerprint density at radius 3 is 2.74 bits per heavy atom. The standard InChI is InChI=1S/C11H14FNO5S/c1-18-11(15)3-2-6-19(16,17)13-8-4-5-10(14)9(12)7-8/h4-5,7,13-14H,2-3,6H2,1H3. The zero-order valence-electron chi connectivity index (χ0n) is 10.2. The maximum atomic E-state index is 13.0. The fraction of sp³-hybridized carbons (Fsp3) is 0.364. The third-order valence-electron chi connectivity index (χ3n) is 2.24. The number of phenols is 1. The lowest BCUT2D eigenvalue weighted by Gasteiger charge is -2.08. The summed E-state index contributed by atoms with van der Waals surface area (Å²) >= 11 is 0. The highest BCUT2D eigenvalue weighted by Gasteiger charge is 2.13. The van der Waals surface area contributed by atoms with Gasteiger partial charge in [-0.3, -0.25) is 9.52 Å². The normalized spacial score (nSPS) is 11.1. The van der Waals surface area contributed by atoms with Crippen LogP contribution in [0.25, 0.3) is 0 Å². The van der Waals surface area contributed by atoms with Crippen LogP contribution in [0.5, 0.6) is 5.75 Å². The van der Waals surface area contributed by atoms with Gasteiger partial charge < -0.3 is 9.84 Å². The average molecular weight is 291 g/mol. The van der Waals surface area contributed by atoms with E-state index in [9.17, 15) is 17.6 Å². The molecule has 6 nitrogen and oxygen atoms in total. The van der Waals surface area contributed by atoms with Gasteiger partial charge in [-0.05, 0) is 18.6 Å². The Bertz CT molecular complexity index is 558. The number of hydrogen-bond acceptors (Lipinski definition) is 5. The van der Waals surface area contributed by atoms with Gasteiger partial charge in [0.05, 0.1) is 18.6 Å². The summed E-state index contributed by atoms with van der Waals surface area (Å²) < 4.78 is 42.8. The second kappa shape index (κ2) is 6.37. The first-order valence-electron chi connectivity index (χ1n) is 5.40. The number of anilines is 1. The second-order valence-corrected chi connectivity index (χ2v) is 5.61. The Morgan fingerprint density at radius 2 is 2.16 bits per heavy atom. The molecule has 0 heterocycles. The van der Waals surface area contributed by atoms with Crippen LogP contribution in [-0.2, 0) is 19.6 Å². The Balaban J connectivity index is 2.59. The minimum absolute atomic E-state index is 0.00775. The van der Waals surface area contributed by atoms with Crippen LogP contribution in [-0.4, -0.2) is 32.4 Å². The highest BCUT2D eigenvalue weighted by molar-refractivity contribution is 7.92. The van der Waals surface area contributed by atoms with E-state index in [0.717, 1.165) is 12.1 Å². The lowest BCUT2D eigenvalue weighted by atomic mass is 10.3. The monoisotopic (exact) mass is 291 g/mol. The maximum Gasteiger partial charge on any atom is 0.305 e. The zero-order chi connectivity index (χ0) is 14.5. The molecule has 0 aliphatic rings. The number of rotatable bonds is 6. The molecule has 0 saturated heterocycles. The van der Waals surface area contributed by atoms with Crippen LogP contribution in [0.4, 0.5) is 10.1 Å². The molecule has 0 bridgehead atoms. The number of nitrogens with one attached hydrogen (secondary N) is 1. The van der Waals surface area contributed by atoms with E-state index < -0.39 is 27.6 Å². The molecule has 0 atom stereocenters. The lowest BCUT2D eigenvalue weighted by molar-refractivity contribution is -0.140. The highest BCUT2D eigenvalue weighted by Crippen LogP contribution is 2.20.